The van der Waals surface area contributed by atoms with Gasteiger partial charge in [-0.15, -0.1) is 10.2 Å². The molecule has 6 nitrogen and oxygen atoms in total. The highest BCUT2D eigenvalue weighted by Gasteiger charge is 2.23. The van der Waals surface area contributed by atoms with Crippen molar-refractivity contribution in [1.29, 1.82) is 0 Å². The third-order valence-corrected chi connectivity index (χ3v) is 5.00. The zero-order valence-electron chi connectivity index (χ0n) is 14.5. The van der Waals surface area contributed by atoms with Gasteiger partial charge in [0.15, 0.2) is 0 Å². The second-order valence-electron chi connectivity index (χ2n) is 5.86. The molecule has 2 heterocycles. The number of hydrogen-bond acceptors (Lipinski definition) is 7. The van der Waals surface area contributed by atoms with E-state index in [1.807, 2.05) is 24.3 Å². The molecule has 1 atom stereocenters. The standard InChI is InChI=1S/C19H16FN3O3S/c1-24-17-5-3-2-4-15(17)18-21-22-19(25-18)27-11-14-10-16(23-26-14)12-6-8-13(20)9-7-12/h2-9,14H,10-11H2,1H3/t14-/m0/s1. The number of para-hydroxylation sites is 1. The van der Waals surface area contributed by atoms with Crippen LogP contribution in [0.3, 0.4) is 0 Å². The van der Waals surface area contributed by atoms with Crippen molar-refractivity contribution >= 4 is 17.5 Å². The van der Waals surface area contributed by atoms with Crippen molar-refractivity contribution in [1.82, 2.24) is 10.2 Å². The molecule has 2 aromatic carbocycles. The molecule has 27 heavy (non-hydrogen) atoms. The van der Waals surface area contributed by atoms with Crippen molar-refractivity contribution in [2.75, 3.05) is 12.9 Å². The van der Waals surface area contributed by atoms with Crippen LogP contribution in [0.2, 0.25) is 0 Å². The minimum Gasteiger partial charge on any atom is -0.496 e. The number of hydrogen-bond donors (Lipinski definition) is 0. The van der Waals surface area contributed by atoms with Gasteiger partial charge < -0.3 is 14.0 Å². The molecular formula is C19H16FN3O3S. The van der Waals surface area contributed by atoms with E-state index in [4.69, 9.17) is 14.0 Å². The Bertz CT molecular complexity index is 959. The van der Waals surface area contributed by atoms with Crippen molar-refractivity contribution in [2.24, 2.45) is 5.16 Å². The largest absolute Gasteiger partial charge is 0.496 e. The normalized spacial score (nSPS) is 16.1. The fourth-order valence-corrected chi connectivity index (χ4v) is 3.44. The zero-order valence-corrected chi connectivity index (χ0v) is 15.3. The quantitative estimate of drug-likeness (QED) is 0.593. The average molecular weight is 385 g/mol. The summed E-state index contributed by atoms with van der Waals surface area (Å²) in [5, 5.41) is 12.7. The maximum absolute atomic E-state index is 13.0. The molecule has 8 heteroatoms. The van der Waals surface area contributed by atoms with Crippen molar-refractivity contribution < 1.29 is 18.4 Å². The number of rotatable bonds is 6. The zero-order chi connectivity index (χ0) is 18.6. The average Bonchev–Trinajstić information content (AvgIpc) is 3.36. The molecule has 3 aromatic rings. The first-order valence-electron chi connectivity index (χ1n) is 8.31. The first kappa shape index (κ1) is 17.5. The summed E-state index contributed by atoms with van der Waals surface area (Å²) in [4.78, 5) is 5.46. The predicted octanol–water partition coefficient (Wildman–Crippen LogP) is 4.17. The number of oxime groups is 1. The number of aromatic nitrogens is 2. The molecule has 0 aliphatic carbocycles. The van der Waals surface area contributed by atoms with Crippen LogP contribution in [-0.4, -0.2) is 34.9 Å². The number of halogens is 1. The van der Waals surface area contributed by atoms with Gasteiger partial charge in [-0.05, 0) is 29.8 Å². The molecule has 0 fully saturated rings. The van der Waals surface area contributed by atoms with Crippen LogP contribution in [0.4, 0.5) is 4.39 Å². The first-order valence-corrected chi connectivity index (χ1v) is 9.30. The summed E-state index contributed by atoms with van der Waals surface area (Å²) in [6.45, 7) is 0. The molecule has 0 radical (unpaired) electrons. The molecule has 0 saturated carbocycles. The Labute approximate surface area is 159 Å². The Hall–Kier alpha value is -2.87. The van der Waals surface area contributed by atoms with E-state index in [2.05, 4.69) is 15.4 Å². The highest BCUT2D eigenvalue weighted by molar-refractivity contribution is 7.99. The van der Waals surface area contributed by atoms with E-state index >= 15 is 0 Å². The molecule has 0 spiro atoms. The SMILES string of the molecule is COc1ccccc1-c1nnc(SC[C@@H]2CC(c3ccc(F)cc3)=NO2)o1. The summed E-state index contributed by atoms with van der Waals surface area (Å²) in [5.74, 6) is 1.43. The maximum atomic E-state index is 13.0. The van der Waals surface area contributed by atoms with Gasteiger partial charge in [-0.3, -0.25) is 0 Å². The fraction of sp³-hybridized carbons (Fsp3) is 0.211. The van der Waals surface area contributed by atoms with Crippen LogP contribution in [-0.2, 0) is 4.84 Å². The summed E-state index contributed by atoms with van der Waals surface area (Å²) >= 11 is 1.41. The molecule has 0 N–H and O–H groups in total. The van der Waals surface area contributed by atoms with E-state index in [0.29, 0.717) is 29.0 Å². The second kappa shape index (κ2) is 7.79. The van der Waals surface area contributed by atoms with Gasteiger partial charge in [-0.25, -0.2) is 4.39 Å². The van der Waals surface area contributed by atoms with Crippen molar-refractivity contribution in [3.05, 3.63) is 59.9 Å². The second-order valence-corrected chi connectivity index (χ2v) is 6.83. The lowest BCUT2D eigenvalue weighted by atomic mass is 10.1. The van der Waals surface area contributed by atoms with Crippen molar-refractivity contribution in [3.8, 4) is 17.2 Å². The fourth-order valence-electron chi connectivity index (χ4n) is 2.69. The topological polar surface area (TPSA) is 69.7 Å². The van der Waals surface area contributed by atoms with Crippen LogP contribution in [0.25, 0.3) is 11.5 Å². The summed E-state index contributed by atoms with van der Waals surface area (Å²) in [6.07, 6.45) is 0.545. The van der Waals surface area contributed by atoms with Crippen LogP contribution in [0.5, 0.6) is 5.75 Å². The van der Waals surface area contributed by atoms with E-state index in [-0.39, 0.29) is 11.9 Å². The Morgan fingerprint density at radius 1 is 1.15 bits per heavy atom. The van der Waals surface area contributed by atoms with Crippen molar-refractivity contribution in [2.45, 2.75) is 17.7 Å². The number of thioether (sulfide) groups is 1. The van der Waals surface area contributed by atoms with E-state index < -0.39 is 0 Å². The molecule has 1 aliphatic heterocycles. The van der Waals surface area contributed by atoms with Gasteiger partial charge in [0.25, 0.3) is 11.1 Å². The monoisotopic (exact) mass is 385 g/mol. The smallest absolute Gasteiger partial charge is 0.276 e. The summed E-state index contributed by atoms with van der Waals surface area (Å²) in [6, 6.07) is 13.7. The van der Waals surface area contributed by atoms with Crippen LogP contribution >= 0.6 is 11.8 Å². The highest BCUT2D eigenvalue weighted by Crippen LogP contribution is 2.31. The Morgan fingerprint density at radius 3 is 2.78 bits per heavy atom. The van der Waals surface area contributed by atoms with Crippen LogP contribution in [0.1, 0.15) is 12.0 Å². The maximum Gasteiger partial charge on any atom is 0.276 e. The summed E-state index contributed by atoms with van der Waals surface area (Å²) < 4.78 is 24.1. The minimum absolute atomic E-state index is 0.100. The van der Waals surface area contributed by atoms with Crippen molar-refractivity contribution in [3.63, 3.8) is 0 Å². The Balaban J connectivity index is 1.35. The predicted molar refractivity (Wildman–Crippen MR) is 99.4 cm³/mol. The van der Waals surface area contributed by atoms with Crippen LogP contribution < -0.4 is 4.74 Å². The van der Waals surface area contributed by atoms with Gasteiger partial charge in [-0.2, -0.15) is 0 Å². The first-order chi connectivity index (χ1) is 13.2. The van der Waals surface area contributed by atoms with Gasteiger partial charge in [0, 0.05) is 12.2 Å². The van der Waals surface area contributed by atoms with Crippen LogP contribution in [0, 0.1) is 5.82 Å². The minimum atomic E-state index is -0.271. The summed E-state index contributed by atoms with van der Waals surface area (Å²) in [7, 11) is 1.60. The van der Waals surface area contributed by atoms with Gasteiger partial charge in [0.2, 0.25) is 0 Å². The number of ether oxygens (including phenoxy) is 1. The lowest BCUT2D eigenvalue weighted by Gasteiger charge is -2.05. The number of benzene rings is 2. The van der Waals surface area contributed by atoms with E-state index in [1.54, 1.807) is 19.2 Å². The van der Waals surface area contributed by atoms with Gasteiger partial charge >= 0.3 is 0 Å². The Morgan fingerprint density at radius 2 is 1.96 bits per heavy atom. The summed E-state index contributed by atoms with van der Waals surface area (Å²) in [5.41, 5.74) is 2.42. The third-order valence-electron chi connectivity index (χ3n) is 4.05. The molecular weight excluding hydrogens is 369 g/mol. The van der Waals surface area contributed by atoms with Gasteiger partial charge in [-0.1, -0.05) is 41.2 Å². The Kier molecular flexibility index (Phi) is 5.06. The molecule has 1 aliphatic rings. The molecule has 4 rings (SSSR count). The molecule has 0 unspecified atom stereocenters. The molecule has 0 amide bonds. The van der Waals surface area contributed by atoms with Gasteiger partial charge in [0.05, 0.1) is 18.4 Å². The lowest BCUT2D eigenvalue weighted by Crippen LogP contribution is -2.11. The lowest BCUT2D eigenvalue weighted by molar-refractivity contribution is 0.103. The van der Waals surface area contributed by atoms with E-state index in [1.165, 1.54) is 23.9 Å². The molecule has 1 aromatic heterocycles. The molecule has 0 bridgehead atoms. The van der Waals surface area contributed by atoms with E-state index in [9.17, 15) is 4.39 Å². The molecule has 138 valence electrons. The number of nitrogens with zero attached hydrogens (tertiary/aromatic N) is 3. The highest BCUT2D eigenvalue weighted by atomic mass is 32.2. The third kappa shape index (κ3) is 3.95. The number of methoxy groups -OCH3 is 1. The molecule has 0 saturated heterocycles. The van der Waals surface area contributed by atoms with E-state index in [0.717, 1.165) is 16.8 Å². The van der Waals surface area contributed by atoms with Gasteiger partial charge in [0.1, 0.15) is 17.7 Å². The van der Waals surface area contributed by atoms with Crippen LogP contribution in [0.15, 0.2) is 63.3 Å².